The summed E-state index contributed by atoms with van der Waals surface area (Å²) in [7, 11) is -4.08. The highest BCUT2D eigenvalue weighted by molar-refractivity contribution is 7.85. The van der Waals surface area contributed by atoms with Gasteiger partial charge in [-0.2, -0.15) is 21.6 Å². The van der Waals surface area contributed by atoms with Gasteiger partial charge < -0.3 is 10.2 Å². The molecular formula is C29H35F3N2O5S. The van der Waals surface area contributed by atoms with Crippen molar-refractivity contribution in [3.8, 4) is 0 Å². The number of aryl methyl sites for hydroxylation is 3. The van der Waals surface area contributed by atoms with Crippen molar-refractivity contribution in [2.24, 2.45) is 21.9 Å². The van der Waals surface area contributed by atoms with Gasteiger partial charge in [0.15, 0.2) is 5.71 Å². The number of carbonyl (C=O) groups is 1. The number of rotatable bonds is 3. The van der Waals surface area contributed by atoms with Crippen molar-refractivity contribution in [2.45, 2.75) is 60.1 Å². The predicted octanol–water partition coefficient (Wildman–Crippen LogP) is 6.79. The van der Waals surface area contributed by atoms with E-state index in [0.29, 0.717) is 24.0 Å². The number of benzene rings is 2. The molecular weight excluding hydrogens is 545 g/mol. The maximum Gasteiger partial charge on any atom is 0.437 e. The number of para-hydroxylation sites is 1. The number of carbonyl (C=O) groups excluding carboxylic acids is 1. The standard InChI is InChI=1S/C11H12F3NO.C10H16O4S.C8H7N/c1-6-4-7(2)9(8(3)5-6)10(15-16)11(12,13)14;1-9(2)7-3-4-10(9,8(11)5-7)6-15(12,13)14;1-2-4-8-7(3-1)5-6-9-8/h4-5,16H,1-3H3;7H,3-6H2,1-2H3,(H,12,13,14);1-6,9H. The Morgan fingerprint density at radius 1 is 1.10 bits per heavy atom. The van der Waals surface area contributed by atoms with Gasteiger partial charge in [0.25, 0.3) is 10.1 Å². The average molecular weight is 581 g/mol. The quantitative estimate of drug-likeness (QED) is 0.136. The third-order valence-electron chi connectivity index (χ3n) is 8.31. The van der Waals surface area contributed by atoms with E-state index in [4.69, 9.17) is 9.76 Å². The lowest BCUT2D eigenvalue weighted by molar-refractivity contribution is -0.128. The summed E-state index contributed by atoms with van der Waals surface area (Å²) in [6, 6.07) is 13.5. The van der Waals surface area contributed by atoms with E-state index in [2.05, 4.69) is 28.3 Å². The highest BCUT2D eigenvalue weighted by Gasteiger charge is 2.65. The lowest BCUT2D eigenvalue weighted by Crippen LogP contribution is -2.42. The number of fused-ring (bicyclic) bond motifs is 3. The number of aromatic amines is 1. The predicted molar refractivity (Wildman–Crippen MR) is 148 cm³/mol. The number of alkyl halides is 3. The van der Waals surface area contributed by atoms with Crippen LogP contribution in [0.4, 0.5) is 13.2 Å². The zero-order chi connectivity index (χ0) is 30.1. The number of hydrogen-bond acceptors (Lipinski definition) is 5. The van der Waals surface area contributed by atoms with Gasteiger partial charge >= 0.3 is 6.18 Å². The van der Waals surface area contributed by atoms with Crippen LogP contribution in [0.25, 0.3) is 10.9 Å². The largest absolute Gasteiger partial charge is 0.437 e. The van der Waals surface area contributed by atoms with Crippen molar-refractivity contribution in [1.29, 1.82) is 0 Å². The molecule has 0 radical (unpaired) electrons. The topological polar surface area (TPSA) is 120 Å². The van der Waals surface area contributed by atoms with Crippen LogP contribution in [0.2, 0.25) is 0 Å². The van der Waals surface area contributed by atoms with Gasteiger partial charge in [-0.25, -0.2) is 0 Å². The van der Waals surface area contributed by atoms with Crippen LogP contribution in [-0.2, 0) is 14.9 Å². The van der Waals surface area contributed by atoms with E-state index in [1.54, 1.807) is 32.9 Å². The molecule has 2 bridgehead atoms. The molecule has 0 amide bonds. The first-order valence-corrected chi connectivity index (χ1v) is 14.4. The van der Waals surface area contributed by atoms with Crippen molar-refractivity contribution in [1.82, 2.24) is 4.98 Å². The molecule has 218 valence electrons. The molecule has 40 heavy (non-hydrogen) atoms. The zero-order valence-corrected chi connectivity index (χ0v) is 23.9. The molecule has 2 saturated carbocycles. The van der Waals surface area contributed by atoms with E-state index < -0.39 is 33.2 Å². The number of Topliss-reactive ketones (excluding diaryl/α,β-unsaturated/α-hetero) is 1. The van der Waals surface area contributed by atoms with E-state index in [-0.39, 0.29) is 22.7 Å². The summed E-state index contributed by atoms with van der Waals surface area (Å²) in [5, 5.41) is 12.1. The van der Waals surface area contributed by atoms with Crippen molar-refractivity contribution in [3.63, 3.8) is 0 Å². The fourth-order valence-corrected chi connectivity index (χ4v) is 7.52. The molecule has 0 aliphatic heterocycles. The second-order valence-electron chi connectivity index (χ2n) is 11.2. The third kappa shape index (κ3) is 6.41. The summed E-state index contributed by atoms with van der Waals surface area (Å²) in [6.07, 6.45) is -0.732. The molecule has 2 fully saturated rings. The molecule has 5 rings (SSSR count). The SMILES string of the molecule is CC1(C)C2CCC1(CS(=O)(=O)O)C(=O)C2.Cc1cc(C)c(C(=NO)C(F)(F)F)c(C)c1.c1ccc2[nH]ccc2c1. The number of nitrogens with one attached hydrogen (secondary N) is 1. The molecule has 2 aliphatic carbocycles. The Morgan fingerprint density at radius 2 is 1.70 bits per heavy atom. The monoisotopic (exact) mass is 580 g/mol. The lowest BCUT2D eigenvalue weighted by atomic mass is 9.70. The Hall–Kier alpha value is -3.18. The number of ketones is 1. The van der Waals surface area contributed by atoms with Crippen molar-refractivity contribution >= 4 is 32.5 Å². The molecule has 0 saturated heterocycles. The molecule has 2 unspecified atom stereocenters. The first kappa shape index (κ1) is 31.3. The van der Waals surface area contributed by atoms with Crippen LogP contribution >= 0.6 is 0 Å². The van der Waals surface area contributed by atoms with Crippen LogP contribution in [0, 0.1) is 37.5 Å². The van der Waals surface area contributed by atoms with E-state index in [0.717, 1.165) is 12.0 Å². The molecule has 0 spiro atoms. The molecule has 2 aliphatic rings. The minimum atomic E-state index is -4.65. The van der Waals surface area contributed by atoms with Gasteiger partial charge in [-0.3, -0.25) is 9.35 Å². The summed E-state index contributed by atoms with van der Waals surface area (Å²) in [6.45, 7) is 8.81. The van der Waals surface area contributed by atoms with E-state index >= 15 is 0 Å². The molecule has 2 atom stereocenters. The van der Waals surface area contributed by atoms with Gasteiger partial charge in [-0.05, 0) is 73.6 Å². The third-order valence-corrected chi connectivity index (χ3v) is 9.17. The maximum atomic E-state index is 12.6. The minimum Gasteiger partial charge on any atom is -0.410 e. The van der Waals surface area contributed by atoms with E-state index in [9.17, 15) is 26.4 Å². The van der Waals surface area contributed by atoms with Gasteiger partial charge in [-0.15, -0.1) is 0 Å². The van der Waals surface area contributed by atoms with Crippen LogP contribution in [0.1, 0.15) is 55.4 Å². The minimum absolute atomic E-state index is 0.0152. The Kier molecular flexibility index (Phi) is 8.91. The average Bonchev–Trinajstić information content (AvgIpc) is 3.43. The molecule has 11 heteroatoms. The normalized spacial score (nSPS) is 22.0. The summed E-state index contributed by atoms with van der Waals surface area (Å²) in [5.41, 5.74) is 0.551. The smallest absolute Gasteiger partial charge is 0.410 e. The summed E-state index contributed by atoms with van der Waals surface area (Å²) >= 11 is 0. The van der Waals surface area contributed by atoms with Crippen LogP contribution in [0.3, 0.4) is 0 Å². The molecule has 7 nitrogen and oxygen atoms in total. The number of halogens is 3. The zero-order valence-electron chi connectivity index (χ0n) is 23.1. The first-order chi connectivity index (χ1) is 18.4. The van der Waals surface area contributed by atoms with Gasteiger partial charge in [0.1, 0.15) is 5.78 Å². The molecule has 3 N–H and O–H groups in total. The molecule has 3 aromatic rings. The molecule has 1 aromatic heterocycles. The summed E-state index contributed by atoms with van der Waals surface area (Å²) in [4.78, 5) is 15.0. The van der Waals surface area contributed by atoms with Gasteiger partial charge in [0, 0.05) is 23.7 Å². The highest BCUT2D eigenvalue weighted by Crippen LogP contribution is 2.64. The second kappa shape index (κ2) is 11.4. The summed E-state index contributed by atoms with van der Waals surface area (Å²) in [5.74, 6) is -0.101. The number of nitrogens with zero attached hydrogens (tertiary/aromatic N) is 1. The summed E-state index contributed by atoms with van der Waals surface area (Å²) < 4.78 is 68.7. The Balaban J connectivity index is 0.000000171. The Bertz CT molecular complexity index is 1470. The maximum absolute atomic E-state index is 12.6. The highest BCUT2D eigenvalue weighted by atomic mass is 32.2. The van der Waals surface area contributed by atoms with Crippen LogP contribution < -0.4 is 0 Å². The number of H-pyrrole nitrogens is 1. The van der Waals surface area contributed by atoms with Crippen molar-refractivity contribution < 1.29 is 36.1 Å². The Morgan fingerprint density at radius 3 is 2.15 bits per heavy atom. The van der Waals surface area contributed by atoms with Gasteiger partial charge in [0.05, 0.1) is 11.2 Å². The van der Waals surface area contributed by atoms with Crippen LogP contribution in [-0.4, -0.2) is 46.6 Å². The van der Waals surface area contributed by atoms with Crippen LogP contribution in [0.5, 0.6) is 0 Å². The van der Waals surface area contributed by atoms with Gasteiger partial charge in [0.2, 0.25) is 0 Å². The van der Waals surface area contributed by atoms with Crippen LogP contribution in [0.15, 0.2) is 53.8 Å². The van der Waals surface area contributed by atoms with Crippen molar-refractivity contribution in [2.75, 3.05) is 5.75 Å². The van der Waals surface area contributed by atoms with E-state index in [1.165, 1.54) is 10.9 Å². The molecule has 1 heterocycles. The van der Waals surface area contributed by atoms with Crippen molar-refractivity contribution in [3.05, 3.63) is 70.9 Å². The number of oxime groups is 1. The van der Waals surface area contributed by atoms with E-state index in [1.807, 2.05) is 32.2 Å². The first-order valence-electron chi connectivity index (χ1n) is 12.8. The fourth-order valence-electron chi connectivity index (χ4n) is 6.22. The fraction of sp³-hybridized carbons (Fsp3) is 0.448. The van der Waals surface area contributed by atoms with Gasteiger partial charge in [-0.1, -0.05) is 54.9 Å². The molecule has 2 aromatic carbocycles. The number of hydrogen-bond donors (Lipinski definition) is 3. The lowest BCUT2D eigenvalue weighted by Gasteiger charge is -2.35. The Labute approximate surface area is 232 Å². The number of aromatic nitrogens is 1. The second-order valence-corrected chi connectivity index (χ2v) is 12.6.